The van der Waals surface area contributed by atoms with E-state index in [1.165, 1.54) is 0 Å². The Kier molecular flexibility index (Phi) is 7.45. The largest absolute Gasteiger partial charge is 0.460 e. The Morgan fingerprint density at radius 1 is 1.11 bits per heavy atom. The number of hydrogen-bond donors (Lipinski definition) is 1. The Hall–Kier alpha value is -2.54. The van der Waals surface area contributed by atoms with Crippen LogP contribution in [0.15, 0.2) is 24.4 Å². The number of aromatic amines is 1. The molecular formula is C21H30N2O5. The van der Waals surface area contributed by atoms with Crippen LogP contribution in [-0.4, -0.2) is 54.9 Å². The normalized spacial score (nSPS) is 11.6. The Bertz CT molecular complexity index is 805. The molecule has 0 aliphatic heterocycles. The number of nitrogens with zero attached hydrogens (tertiary/aromatic N) is 1. The van der Waals surface area contributed by atoms with E-state index in [0.29, 0.717) is 5.75 Å². The summed E-state index contributed by atoms with van der Waals surface area (Å²) in [5.74, 6) is -0.264. The van der Waals surface area contributed by atoms with Gasteiger partial charge < -0.3 is 24.1 Å². The maximum absolute atomic E-state index is 11.8. The summed E-state index contributed by atoms with van der Waals surface area (Å²) in [5, 5.41) is 0.995. The van der Waals surface area contributed by atoms with Gasteiger partial charge in [0.25, 0.3) is 0 Å². The van der Waals surface area contributed by atoms with Gasteiger partial charge in [0.05, 0.1) is 12.8 Å². The fraction of sp³-hybridized carbons (Fsp3) is 0.524. The van der Waals surface area contributed by atoms with Crippen LogP contribution >= 0.6 is 0 Å². The molecule has 0 unspecified atom stereocenters. The van der Waals surface area contributed by atoms with Gasteiger partial charge in [0, 0.05) is 23.6 Å². The van der Waals surface area contributed by atoms with E-state index in [4.69, 9.17) is 14.2 Å². The minimum Gasteiger partial charge on any atom is -0.460 e. The number of hydrogen-bond acceptors (Lipinski definition) is 6. The zero-order valence-electron chi connectivity index (χ0n) is 17.3. The minimum atomic E-state index is -0.566. The molecule has 0 aliphatic rings. The van der Waals surface area contributed by atoms with E-state index in [1.54, 1.807) is 20.8 Å². The van der Waals surface area contributed by atoms with Crippen molar-refractivity contribution in [3.05, 3.63) is 30.0 Å². The number of carbonyl (C=O) groups excluding carboxylic acids is 2. The first-order chi connectivity index (χ1) is 13.2. The second kappa shape index (κ2) is 9.59. The van der Waals surface area contributed by atoms with Crippen molar-refractivity contribution in [1.82, 2.24) is 9.88 Å². The van der Waals surface area contributed by atoms with Crippen molar-refractivity contribution in [2.24, 2.45) is 0 Å². The lowest BCUT2D eigenvalue weighted by molar-refractivity contribution is -0.160. The Balaban J connectivity index is 1.87. The van der Waals surface area contributed by atoms with Crippen LogP contribution in [0.5, 0.6) is 5.75 Å². The topological polar surface area (TPSA) is 80.9 Å². The van der Waals surface area contributed by atoms with Gasteiger partial charge in [-0.1, -0.05) is 6.07 Å². The molecule has 28 heavy (non-hydrogen) atoms. The van der Waals surface area contributed by atoms with Crippen LogP contribution < -0.4 is 4.74 Å². The average molecular weight is 390 g/mol. The second-order valence-electron chi connectivity index (χ2n) is 7.91. The summed E-state index contributed by atoms with van der Waals surface area (Å²) in [7, 11) is 4.06. The van der Waals surface area contributed by atoms with Gasteiger partial charge in [-0.2, -0.15) is 0 Å². The molecule has 1 aromatic carbocycles. The van der Waals surface area contributed by atoms with Crippen molar-refractivity contribution in [3.8, 4) is 5.75 Å². The zero-order chi connectivity index (χ0) is 20.7. The fourth-order valence-corrected chi connectivity index (χ4v) is 2.71. The first-order valence-corrected chi connectivity index (χ1v) is 9.39. The van der Waals surface area contributed by atoms with E-state index in [-0.39, 0.29) is 19.6 Å². The third-order valence-corrected chi connectivity index (χ3v) is 3.97. The van der Waals surface area contributed by atoms with Crippen molar-refractivity contribution in [3.63, 3.8) is 0 Å². The second-order valence-corrected chi connectivity index (χ2v) is 7.91. The molecule has 0 atom stereocenters. The summed E-state index contributed by atoms with van der Waals surface area (Å²) in [6.45, 7) is 6.06. The van der Waals surface area contributed by atoms with Crippen LogP contribution in [0.4, 0.5) is 0 Å². The first-order valence-electron chi connectivity index (χ1n) is 9.39. The molecule has 0 aliphatic carbocycles. The monoisotopic (exact) mass is 390 g/mol. The summed E-state index contributed by atoms with van der Waals surface area (Å²) in [5.41, 5.74) is 1.56. The molecule has 0 amide bonds. The molecular weight excluding hydrogens is 360 g/mol. The summed E-state index contributed by atoms with van der Waals surface area (Å²) in [4.78, 5) is 28.9. The van der Waals surface area contributed by atoms with Crippen LogP contribution in [0, 0.1) is 0 Å². The Labute approximate surface area is 165 Å². The highest BCUT2D eigenvalue weighted by Crippen LogP contribution is 2.29. The molecule has 2 rings (SSSR count). The maximum Gasteiger partial charge on any atom is 0.309 e. The van der Waals surface area contributed by atoms with Crippen molar-refractivity contribution in [2.45, 2.75) is 45.6 Å². The average Bonchev–Trinajstić information content (AvgIpc) is 3.01. The van der Waals surface area contributed by atoms with E-state index in [2.05, 4.69) is 9.88 Å². The number of esters is 2. The number of nitrogens with one attached hydrogen (secondary N) is 1. The molecule has 1 N–H and O–H groups in total. The highest BCUT2D eigenvalue weighted by molar-refractivity contribution is 5.89. The molecule has 0 fully saturated rings. The summed E-state index contributed by atoms with van der Waals surface area (Å²) >= 11 is 0. The van der Waals surface area contributed by atoms with Crippen LogP contribution in [-0.2, 0) is 25.5 Å². The lowest BCUT2D eigenvalue weighted by atomic mass is 10.1. The maximum atomic E-state index is 11.8. The number of ether oxygens (including phenoxy) is 3. The number of benzene rings is 1. The SMILES string of the molecule is CN(C)CCc1c[nH]c2cccc(OCOC(=O)CCC(=O)OC(C)(C)C)c12. The molecule has 0 spiro atoms. The number of aromatic nitrogens is 1. The lowest BCUT2D eigenvalue weighted by Gasteiger charge is -2.19. The van der Waals surface area contributed by atoms with Crippen molar-refractivity contribution in [1.29, 1.82) is 0 Å². The summed E-state index contributed by atoms with van der Waals surface area (Å²) in [6.07, 6.45) is 2.80. The smallest absolute Gasteiger partial charge is 0.309 e. The quantitative estimate of drug-likeness (QED) is 0.523. The fourth-order valence-electron chi connectivity index (χ4n) is 2.71. The van der Waals surface area contributed by atoms with Crippen LogP contribution in [0.1, 0.15) is 39.2 Å². The number of likely N-dealkylation sites (N-methyl/N-ethyl adjacent to an activating group) is 1. The van der Waals surface area contributed by atoms with Crippen LogP contribution in [0.3, 0.4) is 0 Å². The molecule has 0 saturated heterocycles. The van der Waals surface area contributed by atoms with Gasteiger partial charge in [0.1, 0.15) is 11.4 Å². The molecule has 1 aromatic heterocycles. The van der Waals surface area contributed by atoms with Crippen molar-refractivity contribution >= 4 is 22.8 Å². The minimum absolute atomic E-state index is 0.0157. The van der Waals surface area contributed by atoms with Crippen molar-refractivity contribution < 1.29 is 23.8 Å². The predicted molar refractivity (Wildman–Crippen MR) is 107 cm³/mol. The Morgan fingerprint density at radius 3 is 2.50 bits per heavy atom. The lowest BCUT2D eigenvalue weighted by Crippen LogP contribution is -2.24. The number of H-pyrrole nitrogens is 1. The molecule has 0 bridgehead atoms. The van der Waals surface area contributed by atoms with Gasteiger partial charge >= 0.3 is 11.9 Å². The van der Waals surface area contributed by atoms with Gasteiger partial charge in [-0.05, 0) is 59.0 Å². The van der Waals surface area contributed by atoms with Gasteiger partial charge in [-0.15, -0.1) is 0 Å². The molecule has 0 saturated carbocycles. The number of rotatable bonds is 9. The highest BCUT2D eigenvalue weighted by atomic mass is 16.7. The van der Waals surface area contributed by atoms with Crippen LogP contribution in [0.25, 0.3) is 10.9 Å². The predicted octanol–water partition coefficient (Wildman–Crippen LogP) is 3.27. The highest BCUT2D eigenvalue weighted by Gasteiger charge is 2.17. The number of carbonyl (C=O) groups is 2. The summed E-state index contributed by atoms with van der Waals surface area (Å²) < 4.78 is 16.0. The number of fused-ring (bicyclic) bond motifs is 1. The van der Waals surface area contributed by atoms with Gasteiger partial charge in [0.2, 0.25) is 6.79 Å². The van der Waals surface area contributed by atoms with E-state index in [1.807, 2.05) is 38.5 Å². The van der Waals surface area contributed by atoms with Crippen LogP contribution in [0.2, 0.25) is 0 Å². The molecule has 7 heteroatoms. The van der Waals surface area contributed by atoms with Gasteiger partial charge in [-0.25, -0.2) is 0 Å². The van der Waals surface area contributed by atoms with Gasteiger partial charge in [-0.3, -0.25) is 9.59 Å². The van der Waals surface area contributed by atoms with E-state index < -0.39 is 17.5 Å². The molecule has 154 valence electrons. The molecule has 7 nitrogen and oxygen atoms in total. The molecule has 0 radical (unpaired) electrons. The van der Waals surface area contributed by atoms with Gasteiger partial charge in [0.15, 0.2) is 0 Å². The third-order valence-electron chi connectivity index (χ3n) is 3.97. The molecule has 2 aromatic rings. The first kappa shape index (κ1) is 21.8. The summed E-state index contributed by atoms with van der Waals surface area (Å²) in [6, 6.07) is 5.71. The van der Waals surface area contributed by atoms with E-state index in [9.17, 15) is 9.59 Å². The Morgan fingerprint density at radius 2 is 1.82 bits per heavy atom. The van der Waals surface area contributed by atoms with E-state index in [0.717, 1.165) is 29.4 Å². The van der Waals surface area contributed by atoms with E-state index >= 15 is 0 Å². The third kappa shape index (κ3) is 6.88. The standard InChI is InChI=1S/C21H30N2O5/c1-21(2,3)28-19(25)10-9-18(24)27-14-26-17-8-6-7-16-20(17)15(13-22-16)11-12-23(4)5/h6-8,13,22H,9-12,14H2,1-5H3. The van der Waals surface area contributed by atoms with Crippen molar-refractivity contribution in [2.75, 3.05) is 27.4 Å². The molecule has 1 heterocycles. The zero-order valence-corrected chi connectivity index (χ0v) is 17.3.